The molecule has 0 spiro atoms. The summed E-state index contributed by atoms with van der Waals surface area (Å²) in [4.78, 5) is 19.7. The molecule has 0 amide bonds. The molecule has 0 aliphatic heterocycles. The van der Waals surface area contributed by atoms with Gasteiger partial charge in [0.2, 0.25) is 0 Å². The number of hydrogen-bond donors (Lipinski definition) is 0. The molecule has 0 fully saturated rings. The van der Waals surface area contributed by atoms with Crippen LogP contribution in [0.1, 0.15) is 19.8 Å². The fourth-order valence-corrected chi connectivity index (χ4v) is 0.278. The van der Waals surface area contributed by atoms with Crippen molar-refractivity contribution >= 4 is 21.7 Å². The predicted octanol–water partition coefficient (Wildman–Crippen LogP) is -3.56. The average molecular weight is 155 g/mol. The van der Waals surface area contributed by atoms with Gasteiger partial charge >= 0.3 is 18.9 Å². The molecule has 0 unspecified atom stereocenters. The first-order valence-corrected chi connectivity index (χ1v) is 2.32. The van der Waals surface area contributed by atoms with Crippen molar-refractivity contribution in [2.75, 3.05) is 0 Å². The molecule has 0 N–H and O–H groups in total. The molecule has 0 aliphatic rings. The number of carbonyl (C=O) groups is 2. The van der Waals surface area contributed by atoms with Crippen LogP contribution in [0.3, 0.4) is 0 Å². The van der Waals surface area contributed by atoms with Crippen LogP contribution >= 0.6 is 9.90 Å². The molecule has 0 aromatic heterocycles. The van der Waals surface area contributed by atoms with E-state index in [4.69, 9.17) is 0 Å². The van der Waals surface area contributed by atoms with Gasteiger partial charge in [0.1, 0.15) is 5.78 Å². The summed E-state index contributed by atoms with van der Waals surface area (Å²) in [5.41, 5.74) is 0. The van der Waals surface area contributed by atoms with Gasteiger partial charge in [-0.2, -0.15) is 0 Å². The van der Waals surface area contributed by atoms with Crippen LogP contribution < -0.4 is 24.0 Å². The van der Waals surface area contributed by atoms with Gasteiger partial charge in [-0.15, -0.1) is 0 Å². The summed E-state index contributed by atoms with van der Waals surface area (Å²) in [5.74, 6) is -1.28. The van der Waals surface area contributed by atoms with Crippen LogP contribution in [0.4, 0.5) is 0 Å². The van der Waals surface area contributed by atoms with Crippen LogP contribution in [0.2, 0.25) is 0 Å². The number of carbonyl (C=O) groups excluding carboxylic acids is 2. The molecule has 54 valence electrons. The molecule has 0 heterocycles. The van der Waals surface area contributed by atoms with Crippen molar-refractivity contribution < 1.29 is 33.6 Å². The number of ketones is 1. The summed E-state index contributed by atoms with van der Waals surface area (Å²) < 4.78 is 0. The van der Waals surface area contributed by atoms with Crippen molar-refractivity contribution in [3.8, 4) is 0 Å². The predicted molar refractivity (Wildman–Crippen MR) is 34.6 cm³/mol. The Morgan fingerprint density at radius 2 is 1.70 bits per heavy atom. The SMILES string of the molecule is CC(=O)CCC(=O)[O-].[Li+].[PH2-]. The van der Waals surface area contributed by atoms with E-state index in [9.17, 15) is 14.7 Å². The molecule has 0 radical (unpaired) electrons. The van der Waals surface area contributed by atoms with Crippen LogP contribution in [0.15, 0.2) is 0 Å². The van der Waals surface area contributed by atoms with Gasteiger partial charge in [-0.25, -0.2) is 0 Å². The zero-order chi connectivity index (χ0) is 6.57. The molecule has 0 aromatic carbocycles. The van der Waals surface area contributed by atoms with Gasteiger partial charge in [0, 0.05) is 12.4 Å². The van der Waals surface area contributed by atoms with Crippen LogP contribution in [0.5, 0.6) is 0 Å². The Morgan fingerprint density at radius 1 is 1.30 bits per heavy atom. The second-order valence-corrected chi connectivity index (χ2v) is 1.57. The molecule has 3 nitrogen and oxygen atoms in total. The van der Waals surface area contributed by atoms with Crippen LogP contribution in [-0.2, 0) is 9.59 Å². The van der Waals surface area contributed by atoms with Crippen LogP contribution in [0, 0.1) is 0 Å². The maximum atomic E-state index is 10.1. The molecule has 10 heavy (non-hydrogen) atoms. The van der Waals surface area contributed by atoms with Crippen molar-refractivity contribution in [2.24, 2.45) is 0 Å². The standard InChI is InChI=1S/C5H8O3.Li.H2P/c1-4(6)2-3-5(7)8;;/h2-3H2,1H3,(H,7,8);;1H2/q;+1;-1/p-1. The van der Waals surface area contributed by atoms with Gasteiger partial charge in [0.25, 0.3) is 0 Å². The second-order valence-electron chi connectivity index (χ2n) is 1.57. The number of hydrogen-bond acceptors (Lipinski definition) is 3. The van der Waals surface area contributed by atoms with Crippen LogP contribution in [-0.4, -0.2) is 11.8 Å². The fourth-order valence-electron chi connectivity index (χ4n) is 0.278. The van der Waals surface area contributed by atoms with E-state index in [1.54, 1.807) is 0 Å². The Morgan fingerprint density at radius 3 is 1.80 bits per heavy atom. The Kier molecular flexibility index (Phi) is 15.2. The second kappa shape index (κ2) is 9.17. The minimum atomic E-state index is -1.17. The van der Waals surface area contributed by atoms with E-state index >= 15 is 0 Å². The quantitative estimate of drug-likeness (QED) is 0.313. The zero-order valence-corrected chi connectivity index (χ0v) is 7.37. The summed E-state index contributed by atoms with van der Waals surface area (Å²) in [5, 5.41) is 9.64. The number of carboxylic acid groups (broad SMARTS) is 1. The summed E-state index contributed by atoms with van der Waals surface area (Å²) in [6.45, 7) is 1.35. The Hall–Kier alpha value is 0.167. The summed E-state index contributed by atoms with van der Waals surface area (Å²) in [6.07, 6.45) is -0.0718. The van der Waals surface area contributed by atoms with Crippen LogP contribution in [0.25, 0.3) is 0 Å². The van der Waals surface area contributed by atoms with Gasteiger partial charge in [0.05, 0.1) is 0 Å². The first kappa shape index (κ1) is 16.6. The molecule has 0 rings (SSSR count). The van der Waals surface area contributed by atoms with E-state index in [0.29, 0.717) is 0 Å². The Labute approximate surface area is 75.4 Å². The first-order valence-electron chi connectivity index (χ1n) is 2.32. The minimum absolute atomic E-state index is 0. The summed E-state index contributed by atoms with van der Waals surface area (Å²) in [7, 11) is 0. The van der Waals surface area contributed by atoms with Crippen molar-refractivity contribution in [3.63, 3.8) is 0 Å². The van der Waals surface area contributed by atoms with Gasteiger partial charge < -0.3 is 24.6 Å². The zero-order valence-electron chi connectivity index (χ0n) is 6.22. The van der Waals surface area contributed by atoms with E-state index in [0.717, 1.165) is 0 Å². The molecule has 0 saturated carbocycles. The molecule has 0 aliphatic carbocycles. The fraction of sp³-hybridized carbons (Fsp3) is 0.600. The van der Waals surface area contributed by atoms with E-state index in [1.165, 1.54) is 6.92 Å². The Bertz CT molecular complexity index is 101. The summed E-state index contributed by atoms with van der Waals surface area (Å²) in [6, 6.07) is 0. The molecule has 5 heteroatoms. The van der Waals surface area contributed by atoms with E-state index in [-0.39, 0.29) is 47.4 Å². The topological polar surface area (TPSA) is 57.2 Å². The third-order valence-electron chi connectivity index (χ3n) is 0.681. The molecule has 0 aromatic rings. The molecule has 0 saturated heterocycles. The normalized spacial score (nSPS) is 6.90. The van der Waals surface area contributed by atoms with Crippen molar-refractivity contribution in [1.82, 2.24) is 0 Å². The van der Waals surface area contributed by atoms with Gasteiger partial charge in [-0.3, -0.25) is 0 Å². The van der Waals surface area contributed by atoms with E-state index in [2.05, 4.69) is 0 Å². The Balaban J connectivity index is -0.000000245. The minimum Gasteiger partial charge on any atom is -0.577 e. The monoisotopic (exact) mass is 155 g/mol. The van der Waals surface area contributed by atoms with Gasteiger partial charge in [-0.1, -0.05) is 0 Å². The third-order valence-corrected chi connectivity index (χ3v) is 0.681. The van der Waals surface area contributed by atoms with E-state index < -0.39 is 5.97 Å². The smallest absolute Gasteiger partial charge is 0.577 e. The van der Waals surface area contributed by atoms with Gasteiger partial charge in [-0.05, 0) is 13.3 Å². The number of carboxylic acids is 1. The maximum absolute atomic E-state index is 10.1. The van der Waals surface area contributed by atoms with E-state index in [1.807, 2.05) is 0 Å². The van der Waals surface area contributed by atoms with Crippen molar-refractivity contribution in [3.05, 3.63) is 0 Å². The largest absolute Gasteiger partial charge is 1.00 e. The number of Topliss-reactive ketones (excluding diaryl/α,β-unsaturated/α-hetero) is 1. The molecule has 0 bridgehead atoms. The van der Waals surface area contributed by atoms with Crippen molar-refractivity contribution in [1.29, 1.82) is 0 Å². The average Bonchev–Trinajstić information content (AvgIpc) is 1.61. The number of rotatable bonds is 3. The number of aliphatic carboxylic acids is 1. The molecular formula is C5H9LiO3P-. The van der Waals surface area contributed by atoms with Crippen molar-refractivity contribution in [2.45, 2.75) is 19.8 Å². The molecule has 0 atom stereocenters. The molecular weight excluding hydrogens is 146 g/mol. The third kappa shape index (κ3) is 15.7. The first-order chi connectivity index (χ1) is 3.63. The summed E-state index contributed by atoms with van der Waals surface area (Å²) >= 11 is 0. The van der Waals surface area contributed by atoms with Gasteiger partial charge in [0.15, 0.2) is 0 Å². The maximum Gasteiger partial charge on any atom is 1.00 e.